The van der Waals surface area contributed by atoms with Crippen LogP contribution in [0.25, 0.3) is 16.9 Å². The minimum atomic E-state index is -0.0952. The van der Waals surface area contributed by atoms with Gasteiger partial charge in [-0.2, -0.15) is 4.98 Å². The van der Waals surface area contributed by atoms with Crippen molar-refractivity contribution in [1.29, 1.82) is 0 Å². The zero-order valence-electron chi connectivity index (χ0n) is 19.1. The lowest BCUT2D eigenvalue weighted by atomic mass is 10.1. The van der Waals surface area contributed by atoms with E-state index in [1.54, 1.807) is 23.8 Å². The van der Waals surface area contributed by atoms with Crippen LogP contribution in [0.5, 0.6) is 5.75 Å². The van der Waals surface area contributed by atoms with Crippen molar-refractivity contribution in [1.82, 2.24) is 24.8 Å². The maximum absolute atomic E-state index is 12.5. The van der Waals surface area contributed by atoms with Crippen molar-refractivity contribution in [2.24, 2.45) is 0 Å². The van der Waals surface area contributed by atoms with Gasteiger partial charge in [0.15, 0.2) is 5.65 Å². The average Bonchev–Trinajstić information content (AvgIpc) is 3.24. The molecule has 8 heteroatoms. The largest absolute Gasteiger partial charge is 0.497 e. The number of fused-ring (bicyclic) bond motifs is 1. The van der Waals surface area contributed by atoms with E-state index in [1.165, 1.54) is 0 Å². The lowest BCUT2D eigenvalue weighted by Gasteiger charge is -2.10. The molecule has 0 aliphatic heterocycles. The van der Waals surface area contributed by atoms with Crippen molar-refractivity contribution >= 4 is 23.2 Å². The van der Waals surface area contributed by atoms with Crippen LogP contribution in [-0.2, 0) is 0 Å². The zero-order valence-corrected chi connectivity index (χ0v) is 19.1. The summed E-state index contributed by atoms with van der Waals surface area (Å²) in [6.07, 6.45) is 0.901. The number of carbonyl (C=O) groups is 1. The van der Waals surface area contributed by atoms with Crippen molar-refractivity contribution in [2.75, 3.05) is 39.6 Å². The molecule has 8 nitrogen and oxygen atoms in total. The number of amides is 1. The minimum absolute atomic E-state index is 0.0952. The first-order chi connectivity index (χ1) is 16.0. The molecule has 0 aliphatic carbocycles. The van der Waals surface area contributed by atoms with Gasteiger partial charge in [0, 0.05) is 23.4 Å². The van der Waals surface area contributed by atoms with E-state index in [0.29, 0.717) is 18.1 Å². The van der Waals surface area contributed by atoms with Gasteiger partial charge in [-0.1, -0.05) is 12.1 Å². The number of hydrogen-bond donors (Lipinski definition) is 2. The Morgan fingerprint density at radius 1 is 1.06 bits per heavy atom. The number of nitrogens with zero attached hydrogens (tertiary/aromatic N) is 4. The Kier molecular flexibility index (Phi) is 6.85. The fourth-order valence-electron chi connectivity index (χ4n) is 3.51. The molecule has 0 saturated carbocycles. The molecule has 0 atom stereocenters. The Morgan fingerprint density at radius 2 is 1.85 bits per heavy atom. The minimum Gasteiger partial charge on any atom is -0.497 e. The van der Waals surface area contributed by atoms with Crippen LogP contribution in [0.4, 0.5) is 11.6 Å². The second-order valence-corrected chi connectivity index (χ2v) is 7.96. The second kappa shape index (κ2) is 10.1. The van der Waals surface area contributed by atoms with E-state index in [1.807, 2.05) is 68.7 Å². The molecule has 0 aliphatic rings. The maximum atomic E-state index is 12.5. The summed E-state index contributed by atoms with van der Waals surface area (Å²) < 4.78 is 7.05. The lowest BCUT2D eigenvalue weighted by Crippen LogP contribution is -2.27. The van der Waals surface area contributed by atoms with Crippen molar-refractivity contribution in [2.45, 2.75) is 6.42 Å². The molecular weight excluding hydrogens is 416 g/mol. The molecule has 2 N–H and O–H groups in total. The quantitative estimate of drug-likeness (QED) is 0.382. The number of aromatic nitrogens is 3. The van der Waals surface area contributed by atoms with Gasteiger partial charge < -0.3 is 20.3 Å². The molecule has 2 aromatic carbocycles. The first kappa shape index (κ1) is 22.3. The van der Waals surface area contributed by atoms with Crippen LogP contribution in [0.1, 0.15) is 16.8 Å². The van der Waals surface area contributed by atoms with Gasteiger partial charge in [-0.05, 0) is 81.7 Å². The SMILES string of the molecule is COc1ccc(-c2cccc3nc(Nc4cccc(C(=O)NCCCN(C)C)c4)nn23)cc1. The van der Waals surface area contributed by atoms with Crippen molar-refractivity contribution in [3.63, 3.8) is 0 Å². The van der Waals surface area contributed by atoms with Crippen LogP contribution in [-0.4, -0.2) is 59.7 Å². The van der Waals surface area contributed by atoms with E-state index in [0.717, 1.165) is 41.3 Å². The molecule has 1 amide bonds. The van der Waals surface area contributed by atoms with E-state index in [9.17, 15) is 4.79 Å². The van der Waals surface area contributed by atoms with Crippen molar-refractivity contribution in [3.05, 3.63) is 72.3 Å². The normalized spacial score (nSPS) is 11.0. The van der Waals surface area contributed by atoms with Gasteiger partial charge in [0.2, 0.25) is 5.95 Å². The van der Waals surface area contributed by atoms with E-state index in [2.05, 4.69) is 25.6 Å². The Balaban J connectivity index is 1.50. The van der Waals surface area contributed by atoms with Crippen LogP contribution in [0.3, 0.4) is 0 Å². The fourth-order valence-corrected chi connectivity index (χ4v) is 3.51. The van der Waals surface area contributed by atoms with Gasteiger partial charge in [0.1, 0.15) is 5.75 Å². The summed E-state index contributed by atoms with van der Waals surface area (Å²) >= 11 is 0. The summed E-state index contributed by atoms with van der Waals surface area (Å²) in [5.41, 5.74) is 3.98. The number of rotatable bonds is 9. The van der Waals surface area contributed by atoms with Gasteiger partial charge >= 0.3 is 0 Å². The van der Waals surface area contributed by atoms with Crippen molar-refractivity contribution in [3.8, 4) is 17.0 Å². The van der Waals surface area contributed by atoms with Gasteiger partial charge in [0.25, 0.3) is 5.91 Å². The third kappa shape index (κ3) is 5.48. The number of anilines is 2. The predicted molar refractivity (Wildman–Crippen MR) is 130 cm³/mol. The summed E-state index contributed by atoms with van der Waals surface area (Å²) in [4.78, 5) is 19.2. The topological polar surface area (TPSA) is 83.8 Å². The van der Waals surface area contributed by atoms with E-state index in [-0.39, 0.29) is 5.91 Å². The molecule has 0 fully saturated rings. The van der Waals surface area contributed by atoms with Crippen LogP contribution < -0.4 is 15.4 Å². The average molecular weight is 445 g/mol. The summed E-state index contributed by atoms with van der Waals surface area (Å²) in [6.45, 7) is 1.57. The Hall–Kier alpha value is -3.91. The Morgan fingerprint density at radius 3 is 2.61 bits per heavy atom. The lowest BCUT2D eigenvalue weighted by molar-refractivity contribution is 0.0952. The number of hydrogen-bond acceptors (Lipinski definition) is 6. The molecule has 2 heterocycles. The van der Waals surface area contributed by atoms with E-state index >= 15 is 0 Å². The third-order valence-electron chi connectivity index (χ3n) is 5.19. The number of carbonyl (C=O) groups excluding carboxylic acids is 1. The van der Waals surface area contributed by atoms with Gasteiger partial charge in [-0.15, -0.1) is 5.10 Å². The maximum Gasteiger partial charge on any atom is 0.251 e. The van der Waals surface area contributed by atoms with Gasteiger partial charge in [-0.3, -0.25) is 4.79 Å². The standard InChI is InChI=1S/C25H28N6O2/c1-30(2)16-6-15-26-24(32)19-7-4-8-20(17-19)27-25-28-23-10-5-9-22(31(23)29-25)18-11-13-21(33-3)14-12-18/h4-5,7-14,17H,6,15-16H2,1-3H3,(H,26,32)(H,27,29). The molecule has 0 unspecified atom stereocenters. The highest BCUT2D eigenvalue weighted by Crippen LogP contribution is 2.24. The molecule has 2 aromatic heterocycles. The summed E-state index contributed by atoms with van der Waals surface area (Å²) in [5, 5.41) is 10.8. The smallest absolute Gasteiger partial charge is 0.251 e. The van der Waals surface area contributed by atoms with Gasteiger partial charge in [-0.25, -0.2) is 4.52 Å². The molecule has 0 radical (unpaired) electrons. The number of pyridine rings is 1. The van der Waals surface area contributed by atoms with Crippen LogP contribution in [0.2, 0.25) is 0 Å². The highest BCUT2D eigenvalue weighted by atomic mass is 16.5. The molecule has 0 spiro atoms. The highest BCUT2D eigenvalue weighted by molar-refractivity contribution is 5.95. The fraction of sp³-hybridized carbons (Fsp3) is 0.240. The van der Waals surface area contributed by atoms with Crippen LogP contribution in [0, 0.1) is 0 Å². The summed E-state index contributed by atoms with van der Waals surface area (Å²) in [6, 6.07) is 21.0. The number of nitrogens with one attached hydrogen (secondary N) is 2. The molecule has 33 heavy (non-hydrogen) atoms. The van der Waals surface area contributed by atoms with E-state index < -0.39 is 0 Å². The summed E-state index contributed by atoms with van der Waals surface area (Å²) in [7, 11) is 5.68. The molecule has 4 aromatic rings. The molecular formula is C25H28N6O2. The zero-order chi connectivity index (χ0) is 23.2. The first-order valence-electron chi connectivity index (χ1n) is 10.8. The predicted octanol–water partition coefficient (Wildman–Crippen LogP) is 3.83. The van der Waals surface area contributed by atoms with Crippen molar-refractivity contribution < 1.29 is 9.53 Å². The first-order valence-corrected chi connectivity index (χ1v) is 10.8. The number of benzene rings is 2. The van der Waals surface area contributed by atoms with E-state index in [4.69, 9.17) is 4.74 Å². The number of ether oxygens (including phenoxy) is 1. The molecule has 4 rings (SSSR count). The second-order valence-electron chi connectivity index (χ2n) is 7.96. The molecule has 0 bridgehead atoms. The summed E-state index contributed by atoms with van der Waals surface area (Å²) in [5.74, 6) is 1.16. The molecule has 0 saturated heterocycles. The Bertz CT molecular complexity index is 1230. The van der Waals surface area contributed by atoms with Crippen LogP contribution in [0.15, 0.2) is 66.7 Å². The monoisotopic (exact) mass is 444 g/mol. The molecule has 170 valence electrons. The van der Waals surface area contributed by atoms with Crippen LogP contribution >= 0.6 is 0 Å². The highest BCUT2D eigenvalue weighted by Gasteiger charge is 2.11. The Labute approximate surface area is 193 Å². The van der Waals surface area contributed by atoms with Gasteiger partial charge in [0.05, 0.1) is 12.8 Å². The number of methoxy groups -OCH3 is 1. The third-order valence-corrected chi connectivity index (χ3v) is 5.19.